The van der Waals surface area contributed by atoms with Crippen LogP contribution in [-0.2, 0) is 13.7 Å². The molecule has 130 valence electrons. The summed E-state index contributed by atoms with van der Waals surface area (Å²) >= 11 is 0. The Labute approximate surface area is 152 Å². The summed E-state index contributed by atoms with van der Waals surface area (Å²) in [5.74, 6) is 1.40. The molecule has 0 aliphatic heterocycles. The molecular weight excluding hydrogens is 324 g/mol. The third-order valence-corrected chi connectivity index (χ3v) is 4.51. The van der Waals surface area contributed by atoms with Crippen molar-refractivity contribution in [2.24, 2.45) is 7.05 Å². The van der Waals surface area contributed by atoms with Gasteiger partial charge in [-0.3, -0.25) is 0 Å². The van der Waals surface area contributed by atoms with Crippen molar-refractivity contribution in [2.45, 2.75) is 12.7 Å². The predicted molar refractivity (Wildman–Crippen MR) is 102 cm³/mol. The van der Waals surface area contributed by atoms with Crippen LogP contribution in [0.25, 0.3) is 11.0 Å². The molecule has 1 aromatic heterocycles. The van der Waals surface area contributed by atoms with Crippen LogP contribution in [0.1, 0.15) is 23.1 Å². The summed E-state index contributed by atoms with van der Waals surface area (Å²) < 4.78 is 7.73. The second-order valence-electron chi connectivity index (χ2n) is 6.26. The molecule has 4 rings (SSSR count). The largest absolute Gasteiger partial charge is 0.489 e. The van der Waals surface area contributed by atoms with Gasteiger partial charge in [0.2, 0.25) is 0 Å². The highest BCUT2D eigenvalue weighted by molar-refractivity contribution is 5.76. The van der Waals surface area contributed by atoms with Gasteiger partial charge in [-0.1, -0.05) is 54.6 Å². The number of aromatic nitrogens is 2. The Bertz CT molecular complexity index is 1010. The lowest BCUT2D eigenvalue weighted by atomic mass is 10.1. The summed E-state index contributed by atoms with van der Waals surface area (Å²) in [6.45, 7) is 0.521. The van der Waals surface area contributed by atoms with Crippen LogP contribution in [0.2, 0.25) is 0 Å². The maximum atomic E-state index is 10.7. The number of aryl methyl sites for hydroxylation is 1. The second-order valence-corrected chi connectivity index (χ2v) is 6.26. The van der Waals surface area contributed by atoms with Crippen LogP contribution in [0.15, 0.2) is 78.9 Å². The van der Waals surface area contributed by atoms with Gasteiger partial charge >= 0.3 is 0 Å². The molecule has 0 spiro atoms. The van der Waals surface area contributed by atoms with Gasteiger partial charge in [0.1, 0.15) is 24.3 Å². The fourth-order valence-corrected chi connectivity index (χ4v) is 3.05. The van der Waals surface area contributed by atoms with Gasteiger partial charge in [0.05, 0.1) is 11.0 Å². The van der Waals surface area contributed by atoms with Crippen molar-refractivity contribution in [1.29, 1.82) is 0 Å². The highest BCUT2D eigenvalue weighted by Crippen LogP contribution is 2.26. The van der Waals surface area contributed by atoms with E-state index in [-0.39, 0.29) is 0 Å². The van der Waals surface area contributed by atoms with Crippen LogP contribution >= 0.6 is 0 Å². The van der Waals surface area contributed by atoms with Gasteiger partial charge < -0.3 is 14.4 Å². The van der Waals surface area contributed by atoms with E-state index in [4.69, 9.17) is 4.74 Å². The first-order valence-corrected chi connectivity index (χ1v) is 8.58. The van der Waals surface area contributed by atoms with Gasteiger partial charge in [-0.25, -0.2) is 4.98 Å². The average molecular weight is 344 g/mol. The average Bonchev–Trinajstić information content (AvgIpc) is 3.04. The highest BCUT2D eigenvalue weighted by Gasteiger charge is 2.17. The number of benzene rings is 3. The molecule has 0 aliphatic carbocycles. The number of para-hydroxylation sites is 2. The second kappa shape index (κ2) is 7.02. The minimum absolute atomic E-state index is 0.521. The number of hydrogen-bond donors (Lipinski definition) is 1. The smallest absolute Gasteiger partial charge is 0.143 e. The van der Waals surface area contributed by atoms with E-state index in [9.17, 15) is 5.11 Å². The summed E-state index contributed by atoms with van der Waals surface area (Å²) in [6.07, 6.45) is -0.782. The molecule has 3 aromatic carbocycles. The molecule has 0 saturated heterocycles. The van der Waals surface area contributed by atoms with Crippen LogP contribution in [0, 0.1) is 0 Å². The van der Waals surface area contributed by atoms with Gasteiger partial charge in [0, 0.05) is 7.05 Å². The van der Waals surface area contributed by atoms with E-state index in [0.717, 1.165) is 27.9 Å². The van der Waals surface area contributed by atoms with Gasteiger partial charge in [-0.05, 0) is 35.4 Å². The number of nitrogens with zero attached hydrogens (tertiary/aromatic N) is 2. The van der Waals surface area contributed by atoms with Crippen LogP contribution in [-0.4, -0.2) is 14.7 Å². The SMILES string of the molecule is Cn1c([C@@H](O)c2ccc(OCc3ccccc3)cc2)nc2ccccc21. The zero-order chi connectivity index (χ0) is 17.9. The summed E-state index contributed by atoms with van der Waals surface area (Å²) in [5.41, 5.74) is 3.79. The molecular formula is C22H20N2O2. The van der Waals surface area contributed by atoms with Crippen molar-refractivity contribution in [3.63, 3.8) is 0 Å². The number of ether oxygens (including phenoxy) is 1. The maximum absolute atomic E-state index is 10.7. The standard InChI is InChI=1S/C22H20N2O2/c1-24-20-10-6-5-9-19(20)23-22(24)21(25)17-11-13-18(14-12-17)26-15-16-7-3-2-4-8-16/h2-14,21,25H,15H2,1H3/t21-/m0/s1. The molecule has 1 atom stereocenters. The quantitative estimate of drug-likeness (QED) is 0.589. The molecule has 0 fully saturated rings. The molecule has 0 saturated carbocycles. The molecule has 0 radical (unpaired) electrons. The highest BCUT2D eigenvalue weighted by atomic mass is 16.5. The molecule has 0 bridgehead atoms. The summed E-state index contributed by atoms with van der Waals surface area (Å²) in [6, 6.07) is 25.4. The summed E-state index contributed by atoms with van der Waals surface area (Å²) in [7, 11) is 1.92. The van der Waals surface area contributed by atoms with Crippen molar-refractivity contribution in [3.05, 3.63) is 95.8 Å². The minimum atomic E-state index is -0.782. The molecule has 26 heavy (non-hydrogen) atoms. The van der Waals surface area contributed by atoms with Crippen LogP contribution in [0.5, 0.6) is 5.75 Å². The van der Waals surface area contributed by atoms with Gasteiger partial charge in [-0.15, -0.1) is 0 Å². The number of fused-ring (bicyclic) bond motifs is 1. The number of rotatable bonds is 5. The molecule has 4 nitrogen and oxygen atoms in total. The molecule has 4 heteroatoms. The van der Waals surface area contributed by atoms with E-state index < -0.39 is 6.10 Å². The summed E-state index contributed by atoms with van der Waals surface area (Å²) in [5, 5.41) is 10.7. The van der Waals surface area contributed by atoms with Crippen molar-refractivity contribution in [3.8, 4) is 5.75 Å². The number of imidazole rings is 1. The fraction of sp³-hybridized carbons (Fsp3) is 0.136. The summed E-state index contributed by atoms with van der Waals surface area (Å²) in [4.78, 5) is 4.57. The van der Waals surface area contributed by atoms with Crippen molar-refractivity contribution < 1.29 is 9.84 Å². The molecule has 1 N–H and O–H groups in total. The van der Waals surface area contributed by atoms with E-state index in [1.54, 1.807) is 0 Å². The Morgan fingerprint density at radius 2 is 1.62 bits per heavy atom. The van der Waals surface area contributed by atoms with Crippen molar-refractivity contribution in [1.82, 2.24) is 9.55 Å². The first-order valence-electron chi connectivity index (χ1n) is 8.58. The Balaban J connectivity index is 1.51. The fourth-order valence-electron chi connectivity index (χ4n) is 3.05. The van der Waals surface area contributed by atoms with Gasteiger partial charge in [-0.2, -0.15) is 0 Å². The predicted octanol–water partition coefficient (Wildman–Crippen LogP) is 4.23. The van der Waals surface area contributed by atoms with Crippen LogP contribution in [0.4, 0.5) is 0 Å². The van der Waals surface area contributed by atoms with Gasteiger partial charge in [0.25, 0.3) is 0 Å². The lowest BCUT2D eigenvalue weighted by molar-refractivity contribution is 0.206. The monoisotopic (exact) mass is 344 g/mol. The van der Waals surface area contributed by atoms with Crippen molar-refractivity contribution >= 4 is 11.0 Å². The van der Waals surface area contributed by atoms with E-state index in [0.29, 0.717) is 12.4 Å². The lowest BCUT2D eigenvalue weighted by Crippen LogP contribution is -2.07. The minimum Gasteiger partial charge on any atom is -0.489 e. The molecule has 0 unspecified atom stereocenters. The van der Waals surface area contributed by atoms with Crippen LogP contribution < -0.4 is 4.74 Å². The first kappa shape index (κ1) is 16.4. The third kappa shape index (κ3) is 3.19. The zero-order valence-electron chi connectivity index (χ0n) is 14.5. The molecule has 1 heterocycles. The Morgan fingerprint density at radius 1 is 0.923 bits per heavy atom. The number of aliphatic hydroxyl groups excluding tert-OH is 1. The zero-order valence-corrected chi connectivity index (χ0v) is 14.5. The van der Waals surface area contributed by atoms with Crippen molar-refractivity contribution in [2.75, 3.05) is 0 Å². The number of aliphatic hydroxyl groups is 1. The van der Waals surface area contributed by atoms with Gasteiger partial charge in [0.15, 0.2) is 0 Å². The molecule has 0 amide bonds. The Hall–Kier alpha value is -3.11. The number of hydrogen-bond acceptors (Lipinski definition) is 3. The maximum Gasteiger partial charge on any atom is 0.143 e. The first-order chi connectivity index (χ1) is 12.7. The van der Waals surface area contributed by atoms with Crippen LogP contribution in [0.3, 0.4) is 0 Å². The van der Waals surface area contributed by atoms with E-state index in [1.807, 2.05) is 90.5 Å². The van der Waals surface area contributed by atoms with E-state index in [1.165, 1.54) is 0 Å². The Kier molecular flexibility index (Phi) is 4.42. The van der Waals surface area contributed by atoms with E-state index in [2.05, 4.69) is 4.98 Å². The van der Waals surface area contributed by atoms with E-state index >= 15 is 0 Å². The molecule has 0 aliphatic rings. The molecule has 4 aromatic rings. The lowest BCUT2D eigenvalue weighted by Gasteiger charge is -2.12. The topological polar surface area (TPSA) is 47.3 Å². The Morgan fingerprint density at radius 3 is 2.35 bits per heavy atom. The third-order valence-electron chi connectivity index (χ3n) is 4.51. The normalized spacial score (nSPS) is 12.2.